The van der Waals surface area contributed by atoms with Crippen LogP contribution in [0.4, 0.5) is 0 Å². The highest BCUT2D eigenvalue weighted by Gasteiger charge is 2.34. The Bertz CT molecular complexity index is 321. The second kappa shape index (κ2) is 7.62. The molecule has 0 bridgehead atoms. The third-order valence-corrected chi connectivity index (χ3v) is 5.09. The van der Waals surface area contributed by atoms with Gasteiger partial charge >= 0.3 is 0 Å². The molecular weight excluding hydrogens is 276 g/mol. The minimum Gasteiger partial charge on any atom is -0.378 e. The van der Waals surface area contributed by atoms with Crippen LogP contribution in [-0.4, -0.2) is 37.7 Å². The topological polar surface area (TPSA) is 50.4 Å². The molecule has 2 N–H and O–H groups in total. The molecule has 0 aromatic carbocycles. The van der Waals surface area contributed by atoms with Crippen molar-refractivity contribution in [3.05, 3.63) is 0 Å². The molecule has 0 radical (unpaired) electrons. The average molecular weight is 303 g/mol. The van der Waals surface area contributed by atoms with Crippen molar-refractivity contribution in [1.82, 2.24) is 10.6 Å². The molecule has 20 heavy (non-hydrogen) atoms. The molecule has 4 unspecified atom stereocenters. The molecule has 1 saturated heterocycles. The minimum atomic E-state index is 0. The van der Waals surface area contributed by atoms with Crippen LogP contribution in [-0.2, 0) is 9.53 Å². The predicted molar refractivity (Wildman–Crippen MR) is 81.1 cm³/mol. The largest absolute Gasteiger partial charge is 0.378 e. The Hall–Kier alpha value is -0.320. The quantitative estimate of drug-likeness (QED) is 0.837. The summed E-state index contributed by atoms with van der Waals surface area (Å²) in [5, 5.41) is 6.58. The molecule has 116 valence electrons. The zero-order valence-electron chi connectivity index (χ0n) is 12.1. The highest BCUT2D eigenvalue weighted by Crippen LogP contribution is 2.42. The Kier molecular flexibility index (Phi) is 6.12. The number of amides is 1. The lowest BCUT2D eigenvalue weighted by atomic mass is 9.79. The van der Waals surface area contributed by atoms with Gasteiger partial charge in [0.1, 0.15) is 0 Å². The van der Waals surface area contributed by atoms with Crippen LogP contribution in [0.1, 0.15) is 44.9 Å². The van der Waals surface area contributed by atoms with Crippen molar-refractivity contribution < 1.29 is 9.53 Å². The van der Waals surface area contributed by atoms with Gasteiger partial charge in [-0.05, 0) is 31.1 Å². The van der Waals surface area contributed by atoms with Crippen LogP contribution in [0, 0.1) is 11.8 Å². The summed E-state index contributed by atoms with van der Waals surface area (Å²) in [7, 11) is 0. The molecule has 0 aromatic heterocycles. The van der Waals surface area contributed by atoms with E-state index < -0.39 is 0 Å². The second-order valence-corrected chi connectivity index (χ2v) is 6.46. The van der Waals surface area contributed by atoms with Crippen molar-refractivity contribution in [1.29, 1.82) is 0 Å². The minimum absolute atomic E-state index is 0. The van der Waals surface area contributed by atoms with Crippen molar-refractivity contribution in [3.63, 3.8) is 0 Å². The summed E-state index contributed by atoms with van der Waals surface area (Å²) in [4.78, 5) is 12.1. The number of carbonyl (C=O) groups is 1. The van der Waals surface area contributed by atoms with E-state index in [1.165, 1.54) is 38.5 Å². The summed E-state index contributed by atoms with van der Waals surface area (Å²) in [6.07, 6.45) is 8.49. The van der Waals surface area contributed by atoms with Gasteiger partial charge in [-0.1, -0.05) is 19.3 Å². The number of rotatable bonds is 3. The Morgan fingerprint density at radius 3 is 2.85 bits per heavy atom. The van der Waals surface area contributed by atoms with Crippen LogP contribution in [0.3, 0.4) is 0 Å². The van der Waals surface area contributed by atoms with Crippen LogP contribution < -0.4 is 10.6 Å². The predicted octanol–water partition coefficient (Wildman–Crippen LogP) is 1.87. The number of morpholine rings is 1. The molecule has 3 fully saturated rings. The molecule has 1 amide bonds. The first-order valence-corrected chi connectivity index (χ1v) is 7.92. The van der Waals surface area contributed by atoms with Gasteiger partial charge in [-0.2, -0.15) is 0 Å². The van der Waals surface area contributed by atoms with E-state index in [2.05, 4.69) is 10.6 Å². The van der Waals surface area contributed by atoms with Gasteiger partial charge in [-0.25, -0.2) is 0 Å². The zero-order valence-corrected chi connectivity index (χ0v) is 12.9. The molecule has 1 heterocycles. The van der Waals surface area contributed by atoms with Crippen molar-refractivity contribution in [2.45, 2.75) is 57.0 Å². The molecule has 2 aliphatic carbocycles. The van der Waals surface area contributed by atoms with Gasteiger partial charge in [0.05, 0.1) is 13.2 Å². The van der Waals surface area contributed by atoms with E-state index in [1.807, 2.05) is 0 Å². The van der Waals surface area contributed by atoms with Gasteiger partial charge in [-0.3, -0.25) is 4.79 Å². The van der Waals surface area contributed by atoms with E-state index in [9.17, 15) is 4.79 Å². The first kappa shape index (κ1) is 16.1. The summed E-state index contributed by atoms with van der Waals surface area (Å²) >= 11 is 0. The third-order valence-electron chi connectivity index (χ3n) is 5.09. The monoisotopic (exact) mass is 302 g/mol. The van der Waals surface area contributed by atoms with Crippen LogP contribution in [0.2, 0.25) is 0 Å². The van der Waals surface area contributed by atoms with Crippen molar-refractivity contribution in [2.24, 2.45) is 11.8 Å². The summed E-state index contributed by atoms with van der Waals surface area (Å²) in [5.74, 6) is 2.04. The standard InChI is InChI=1S/C15H26N2O2.ClH/c18-15(9-14-10-19-7-6-16-14)17-13-5-4-11-2-1-3-12(11)8-13;/h11-14,16H,1-10H2,(H,17,18);1H. The van der Waals surface area contributed by atoms with Gasteiger partial charge < -0.3 is 15.4 Å². The average Bonchev–Trinajstić information content (AvgIpc) is 2.87. The van der Waals surface area contributed by atoms with E-state index >= 15 is 0 Å². The maximum Gasteiger partial charge on any atom is 0.221 e. The molecule has 1 aliphatic heterocycles. The zero-order chi connectivity index (χ0) is 13.1. The Labute approximate surface area is 127 Å². The number of hydrogen-bond donors (Lipinski definition) is 2. The lowest BCUT2D eigenvalue weighted by molar-refractivity contribution is -0.123. The van der Waals surface area contributed by atoms with E-state index in [4.69, 9.17) is 4.74 Å². The van der Waals surface area contributed by atoms with E-state index in [1.54, 1.807) is 0 Å². The molecule has 3 rings (SSSR count). The van der Waals surface area contributed by atoms with Crippen molar-refractivity contribution in [3.8, 4) is 0 Å². The Balaban J connectivity index is 0.00000147. The summed E-state index contributed by atoms with van der Waals surface area (Å²) in [6, 6.07) is 0.632. The normalized spacial score (nSPS) is 36.8. The third kappa shape index (κ3) is 4.09. The van der Waals surface area contributed by atoms with E-state index in [-0.39, 0.29) is 24.4 Å². The lowest BCUT2D eigenvalue weighted by Gasteiger charge is -2.33. The van der Waals surface area contributed by atoms with Gasteiger partial charge in [-0.15, -0.1) is 12.4 Å². The SMILES string of the molecule is Cl.O=C(CC1COCCN1)NC1CCC2CCCC2C1. The van der Waals surface area contributed by atoms with Gasteiger partial charge in [0.25, 0.3) is 0 Å². The summed E-state index contributed by atoms with van der Waals surface area (Å²) < 4.78 is 5.39. The van der Waals surface area contributed by atoms with Gasteiger partial charge in [0.2, 0.25) is 5.91 Å². The van der Waals surface area contributed by atoms with E-state index in [0.717, 1.165) is 25.0 Å². The number of fused-ring (bicyclic) bond motifs is 1. The molecule has 2 saturated carbocycles. The van der Waals surface area contributed by atoms with Crippen molar-refractivity contribution >= 4 is 18.3 Å². The Morgan fingerprint density at radius 1 is 1.20 bits per heavy atom. The van der Waals surface area contributed by atoms with E-state index in [0.29, 0.717) is 19.1 Å². The van der Waals surface area contributed by atoms with Gasteiger partial charge in [0, 0.05) is 25.0 Å². The molecule has 4 nitrogen and oxygen atoms in total. The highest BCUT2D eigenvalue weighted by atomic mass is 35.5. The maximum absolute atomic E-state index is 12.1. The first-order valence-electron chi connectivity index (χ1n) is 7.92. The smallest absolute Gasteiger partial charge is 0.221 e. The number of carbonyl (C=O) groups excluding carboxylic acids is 1. The molecule has 0 spiro atoms. The van der Waals surface area contributed by atoms with Crippen LogP contribution in [0.25, 0.3) is 0 Å². The summed E-state index contributed by atoms with van der Waals surface area (Å²) in [6.45, 7) is 2.30. The number of hydrogen-bond acceptors (Lipinski definition) is 3. The highest BCUT2D eigenvalue weighted by molar-refractivity contribution is 5.85. The fourth-order valence-electron chi connectivity index (χ4n) is 4.09. The molecule has 5 heteroatoms. The Morgan fingerprint density at radius 2 is 2.05 bits per heavy atom. The lowest BCUT2D eigenvalue weighted by Crippen LogP contribution is -2.46. The molecule has 0 aromatic rings. The molecule has 3 aliphatic rings. The maximum atomic E-state index is 12.1. The first-order chi connectivity index (χ1) is 9.31. The molecule has 4 atom stereocenters. The fourth-order valence-corrected chi connectivity index (χ4v) is 4.09. The number of ether oxygens (including phenoxy) is 1. The van der Waals surface area contributed by atoms with Crippen LogP contribution in [0.5, 0.6) is 0 Å². The van der Waals surface area contributed by atoms with Crippen LogP contribution >= 0.6 is 12.4 Å². The fraction of sp³-hybridized carbons (Fsp3) is 0.933. The van der Waals surface area contributed by atoms with Crippen molar-refractivity contribution in [2.75, 3.05) is 19.8 Å². The van der Waals surface area contributed by atoms with Crippen LogP contribution in [0.15, 0.2) is 0 Å². The second-order valence-electron chi connectivity index (χ2n) is 6.46. The number of halogens is 1. The molecular formula is C15H27ClN2O2. The van der Waals surface area contributed by atoms with Gasteiger partial charge in [0.15, 0.2) is 0 Å². The number of nitrogens with one attached hydrogen (secondary N) is 2. The summed E-state index contributed by atoms with van der Waals surface area (Å²) in [5.41, 5.74) is 0.